The Labute approximate surface area is 120 Å². The lowest BCUT2D eigenvalue weighted by Crippen LogP contribution is -2.27. The van der Waals surface area contributed by atoms with Gasteiger partial charge in [0.1, 0.15) is 12.4 Å². The number of halogens is 1. The minimum absolute atomic E-state index is 0.0911. The van der Waals surface area contributed by atoms with Crippen molar-refractivity contribution >= 4 is 17.5 Å². The number of rotatable bonds is 6. The molecule has 1 amide bonds. The number of ether oxygens (including phenoxy) is 2. The van der Waals surface area contributed by atoms with Gasteiger partial charge < -0.3 is 19.3 Å². The number of nitrogens with zero attached hydrogens (tertiary/aromatic N) is 1. The largest absolute Gasteiger partial charge is 0.492 e. The summed E-state index contributed by atoms with van der Waals surface area (Å²) in [5, 5.41) is 6.82. The van der Waals surface area contributed by atoms with Crippen LogP contribution in [0.4, 0.5) is 0 Å². The van der Waals surface area contributed by atoms with E-state index in [-0.39, 0.29) is 17.5 Å². The van der Waals surface area contributed by atoms with Crippen molar-refractivity contribution in [3.8, 4) is 11.6 Å². The molecule has 0 fully saturated rings. The number of benzene rings is 1. The summed E-state index contributed by atoms with van der Waals surface area (Å²) in [5.41, 5.74) is 0. The predicted octanol–water partition coefficient (Wildman–Crippen LogP) is 2.15. The van der Waals surface area contributed by atoms with Crippen LogP contribution in [0.3, 0.4) is 0 Å². The molecule has 0 aliphatic rings. The Balaban J connectivity index is 1.72. The van der Waals surface area contributed by atoms with Crippen LogP contribution in [0, 0.1) is 0 Å². The second-order valence-corrected chi connectivity index (χ2v) is 4.23. The highest BCUT2D eigenvalue weighted by Crippen LogP contribution is 2.15. The van der Waals surface area contributed by atoms with Crippen molar-refractivity contribution in [1.29, 1.82) is 0 Å². The van der Waals surface area contributed by atoms with Crippen LogP contribution < -0.4 is 14.8 Å². The van der Waals surface area contributed by atoms with E-state index in [0.29, 0.717) is 23.9 Å². The van der Waals surface area contributed by atoms with E-state index >= 15 is 0 Å². The molecule has 0 spiro atoms. The average Bonchev–Trinajstić information content (AvgIpc) is 2.94. The lowest BCUT2D eigenvalue weighted by atomic mass is 10.3. The van der Waals surface area contributed by atoms with Crippen molar-refractivity contribution in [3.05, 3.63) is 41.1 Å². The van der Waals surface area contributed by atoms with E-state index in [4.69, 9.17) is 25.6 Å². The molecule has 6 nitrogen and oxygen atoms in total. The summed E-state index contributed by atoms with van der Waals surface area (Å²) in [6, 6.07) is 8.39. The Bertz CT molecular complexity index is 568. The van der Waals surface area contributed by atoms with Crippen LogP contribution in [0.15, 0.2) is 34.9 Å². The maximum atomic E-state index is 11.7. The lowest BCUT2D eigenvalue weighted by Gasteiger charge is -2.06. The van der Waals surface area contributed by atoms with Crippen LogP contribution in [0.2, 0.25) is 5.02 Å². The van der Waals surface area contributed by atoms with E-state index in [1.807, 2.05) is 0 Å². The third-order valence-corrected chi connectivity index (χ3v) is 2.64. The molecule has 0 aliphatic heterocycles. The van der Waals surface area contributed by atoms with Gasteiger partial charge in [0, 0.05) is 5.02 Å². The molecule has 0 atom stereocenters. The number of hydrogen-bond acceptors (Lipinski definition) is 5. The molecule has 7 heteroatoms. The molecular formula is C13H13ClN2O4. The first-order chi connectivity index (χ1) is 9.69. The van der Waals surface area contributed by atoms with Gasteiger partial charge in [0.2, 0.25) is 5.76 Å². The second-order valence-electron chi connectivity index (χ2n) is 3.79. The molecule has 2 rings (SSSR count). The summed E-state index contributed by atoms with van der Waals surface area (Å²) < 4.78 is 15.1. The monoisotopic (exact) mass is 296 g/mol. The highest BCUT2D eigenvalue weighted by Gasteiger charge is 2.12. The van der Waals surface area contributed by atoms with Crippen molar-refractivity contribution in [2.75, 3.05) is 20.3 Å². The Morgan fingerprint density at radius 3 is 2.80 bits per heavy atom. The molecule has 0 saturated carbocycles. The summed E-state index contributed by atoms with van der Waals surface area (Å²) in [5.74, 6) is 0.659. The zero-order valence-corrected chi connectivity index (χ0v) is 11.5. The van der Waals surface area contributed by atoms with E-state index < -0.39 is 0 Å². The highest BCUT2D eigenvalue weighted by atomic mass is 35.5. The van der Waals surface area contributed by atoms with Crippen LogP contribution in [0.25, 0.3) is 0 Å². The number of carbonyl (C=O) groups excluding carboxylic acids is 1. The lowest BCUT2D eigenvalue weighted by molar-refractivity contribution is 0.0910. The zero-order valence-electron chi connectivity index (χ0n) is 10.8. The van der Waals surface area contributed by atoms with E-state index in [9.17, 15) is 4.79 Å². The smallest absolute Gasteiger partial charge is 0.290 e. The summed E-state index contributed by atoms with van der Waals surface area (Å²) in [7, 11) is 1.44. The number of amides is 1. The topological polar surface area (TPSA) is 73.6 Å². The normalized spacial score (nSPS) is 10.1. The molecule has 0 saturated heterocycles. The average molecular weight is 297 g/mol. The van der Waals surface area contributed by atoms with Crippen molar-refractivity contribution in [1.82, 2.24) is 10.5 Å². The van der Waals surface area contributed by atoms with Gasteiger partial charge in [-0.2, -0.15) is 0 Å². The number of aromatic nitrogens is 1. The van der Waals surface area contributed by atoms with Gasteiger partial charge >= 0.3 is 0 Å². The van der Waals surface area contributed by atoms with E-state index in [2.05, 4.69) is 10.5 Å². The van der Waals surface area contributed by atoms with Crippen molar-refractivity contribution in [2.24, 2.45) is 0 Å². The zero-order chi connectivity index (χ0) is 14.4. The molecule has 0 radical (unpaired) electrons. The molecule has 1 N–H and O–H groups in total. The summed E-state index contributed by atoms with van der Waals surface area (Å²) in [6.07, 6.45) is 0. The number of methoxy groups -OCH3 is 1. The molecule has 0 unspecified atom stereocenters. The van der Waals surface area contributed by atoms with Gasteiger partial charge in [-0.25, -0.2) is 0 Å². The first kappa shape index (κ1) is 14.2. The van der Waals surface area contributed by atoms with Crippen molar-refractivity contribution < 1.29 is 18.8 Å². The van der Waals surface area contributed by atoms with Crippen LogP contribution in [0.1, 0.15) is 10.6 Å². The molecular weight excluding hydrogens is 284 g/mol. The van der Waals surface area contributed by atoms with Crippen molar-refractivity contribution in [2.45, 2.75) is 0 Å². The first-order valence-electron chi connectivity index (χ1n) is 5.86. The Morgan fingerprint density at radius 1 is 1.40 bits per heavy atom. The molecule has 0 aliphatic carbocycles. The van der Waals surface area contributed by atoms with Crippen LogP contribution in [-0.2, 0) is 0 Å². The minimum atomic E-state index is -0.375. The number of nitrogens with one attached hydrogen (secondary N) is 1. The highest BCUT2D eigenvalue weighted by molar-refractivity contribution is 6.30. The van der Waals surface area contributed by atoms with Gasteiger partial charge in [0.25, 0.3) is 11.8 Å². The van der Waals surface area contributed by atoms with E-state index in [0.717, 1.165) is 0 Å². The fraction of sp³-hybridized carbons (Fsp3) is 0.231. The molecule has 1 aromatic heterocycles. The Morgan fingerprint density at radius 2 is 2.15 bits per heavy atom. The number of hydrogen-bond donors (Lipinski definition) is 1. The minimum Gasteiger partial charge on any atom is -0.492 e. The van der Waals surface area contributed by atoms with E-state index in [1.165, 1.54) is 13.2 Å². The Hall–Kier alpha value is -2.21. The third kappa shape index (κ3) is 3.89. The molecule has 1 heterocycles. The maximum Gasteiger partial charge on any atom is 0.290 e. The van der Waals surface area contributed by atoms with Crippen LogP contribution >= 0.6 is 11.6 Å². The fourth-order valence-corrected chi connectivity index (χ4v) is 1.54. The Kier molecular flexibility index (Phi) is 4.84. The third-order valence-electron chi connectivity index (χ3n) is 2.39. The SMILES string of the molecule is COc1cc(C(=O)NCCOc2ccc(Cl)cc2)on1. The standard InChI is InChI=1S/C13H13ClN2O4/c1-18-12-8-11(20-16-12)13(17)15-6-7-19-10-4-2-9(14)3-5-10/h2-5,8H,6-7H2,1H3,(H,15,17). The summed E-state index contributed by atoms with van der Waals surface area (Å²) >= 11 is 5.76. The summed E-state index contributed by atoms with van der Waals surface area (Å²) in [4.78, 5) is 11.7. The van der Waals surface area contributed by atoms with Crippen LogP contribution in [-0.4, -0.2) is 31.3 Å². The second kappa shape index (κ2) is 6.81. The quantitative estimate of drug-likeness (QED) is 0.827. The number of carbonyl (C=O) groups is 1. The van der Waals surface area contributed by atoms with Gasteiger partial charge in [-0.3, -0.25) is 4.79 Å². The van der Waals surface area contributed by atoms with Gasteiger partial charge in [-0.05, 0) is 29.4 Å². The molecule has 0 bridgehead atoms. The molecule has 106 valence electrons. The first-order valence-corrected chi connectivity index (χ1v) is 6.24. The molecule has 1 aromatic carbocycles. The summed E-state index contributed by atoms with van der Waals surface area (Å²) in [6.45, 7) is 0.670. The molecule has 2 aromatic rings. The van der Waals surface area contributed by atoms with E-state index in [1.54, 1.807) is 24.3 Å². The van der Waals surface area contributed by atoms with Crippen LogP contribution in [0.5, 0.6) is 11.6 Å². The molecule has 20 heavy (non-hydrogen) atoms. The van der Waals surface area contributed by atoms with Gasteiger partial charge in [-0.1, -0.05) is 11.6 Å². The van der Waals surface area contributed by atoms with Gasteiger partial charge in [0.05, 0.1) is 19.7 Å². The van der Waals surface area contributed by atoms with Gasteiger partial charge in [-0.15, -0.1) is 0 Å². The fourth-order valence-electron chi connectivity index (χ4n) is 1.41. The predicted molar refractivity (Wildman–Crippen MR) is 72.3 cm³/mol. The van der Waals surface area contributed by atoms with Crippen molar-refractivity contribution in [3.63, 3.8) is 0 Å². The maximum absolute atomic E-state index is 11.7. The van der Waals surface area contributed by atoms with Gasteiger partial charge in [0.15, 0.2) is 0 Å².